The monoisotopic (exact) mass is 279 g/mol. The number of nitrogens with two attached hydrogens (primary N) is 1. The summed E-state index contributed by atoms with van der Waals surface area (Å²) in [5.74, 6) is 1.73. The smallest absolute Gasteiger partial charge is 0.222 e. The quantitative estimate of drug-likeness (QED) is 0.847. The van der Waals surface area contributed by atoms with Gasteiger partial charge >= 0.3 is 0 Å². The molecule has 0 radical (unpaired) electrons. The first-order valence-electron chi connectivity index (χ1n) is 8.48. The zero-order chi connectivity index (χ0) is 13.9. The SMILES string of the molecule is NC1CCCCC1CC(=O)N1CCN(CC2CC2)CC1. The van der Waals surface area contributed by atoms with Gasteiger partial charge in [0, 0.05) is 45.2 Å². The van der Waals surface area contributed by atoms with E-state index in [1.54, 1.807) is 0 Å². The molecule has 3 fully saturated rings. The Morgan fingerprint density at radius 3 is 2.35 bits per heavy atom. The third kappa shape index (κ3) is 3.73. The predicted molar refractivity (Wildman–Crippen MR) is 80.3 cm³/mol. The van der Waals surface area contributed by atoms with Crippen molar-refractivity contribution in [1.82, 2.24) is 9.80 Å². The highest BCUT2D eigenvalue weighted by Crippen LogP contribution is 2.30. The van der Waals surface area contributed by atoms with Gasteiger partial charge in [-0.3, -0.25) is 9.69 Å². The highest BCUT2D eigenvalue weighted by Gasteiger charge is 2.30. The summed E-state index contributed by atoms with van der Waals surface area (Å²) in [6.45, 7) is 5.24. The summed E-state index contributed by atoms with van der Waals surface area (Å²) in [4.78, 5) is 17.0. The van der Waals surface area contributed by atoms with E-state index in [-0.39, 0.29) is 6.04 Å². The van der Waals surface area contributed by atoms with Gasteiger partial charge in [-0.1, -0.05) is 12.8 Å². The van der Waals surface area contributed by atoms with Crippen LogP contribution < -0.4 is 5.73 Å². The number of amides is 1. The van der Waals surface area contributed by atoms with Gasteiger partial charge in [0.05, 0.1) is 0 Å². The van der Waals surface area contributed by atoms with E-state index in [1.165, 1.54) is 32.2 Å². The molecule has 0 spiro atoms. The molecule has 2 saturated carbocycles. The van der Waals surface area contributed by atoms with Gasteiger partial charge in [0.25, 0.3) is 0 Å². The molecule has 3 aliphatic rings. The van der Waals surface area contributed by atoms with E-state index in [1.807, 2.05) is 0 Å². The summed E-state index contributed by atoms with van der Waals surface area (Å²) in [5, 5.41) is 0. The first-order chi connectivity index (χ1) is 9.72. The molecule has 4 heteroatoms. The minimum atomic E-state index is 0.254. The van der Waals surface area contributed by atoms with Gasteiger partial charge in [0.15, 0.2) is 0 Å². The normalized spacial score (nSPS) is 32.4. The van der Waals surface area contributed by atoms with Crippen LogP contribution in [0.5, 0.6) is 0 Å². The molecule has 0 aromatic rings. The summed E-state index contributed by atoms with van der Waals surface area (Å²) in [7, 11) is 0. The lowest BCUT2D eigenvalue weighted by Crippen LogP contribution is -2.50. The Kier molecular flexibility index (Phi) is 4.61. The maximum atomic E-state index is 12.4. The molecule has 0 aromatic heterocycles. The van der Waals surface area contributed by atoms with E-state index in [9.17, 15) is 4.79 Å². The minimum absolute atomic E-state index is 0.254. The fraction of sp³-hybridized carbons (Fsp3) is 0.938. The van der Waals surface area contributed by atoms with Gasteiger partial charge < -0.3 is 10.6 Å². The van der Waals surface area contributed by atoms with E-state index in [0.717, 1.165) is 44.9 Å². The van der Waals surface area contributed by atoms with Crippen LogP contribution in [0.25, 0.3) is 0 Å². The fourth-order valence-corrected chi connectivity index (χ4v) is 3.69. The molecule has 4 nitrogen and oxygen atoms in total. The number of piperazine rings is 1. The lowest BCUT2D eigenvalue weighted by atomic mass is 9.82. The van der Waals surface area contributed by atoms with E-state index < -0.39 is 0 Å². The highest BCUT2D eigenvalue weighted by molar-refractivity contribution is 5.76. The molecule has 114 valence electrons. The molecule has 0 aromatic carbocycles. The molecule has 2 aliphatic carbocycles. The van der Waals surface area contributed by atoms with E-state index in [2.05, 4.69) is 9.80 Å². The summed E-state index contributed by atoms with van der Waals surface area (Å²) in [6.07, 6.45) is 8.26. The van der Waals surface area contributed by atoms with Crippen molar-refractivity contribution >= 4 is 5.91 Å². The number of rotatable bonds is 4. The van der Waals surface area contributed by atoms with Crippen molar-refractivity contribution in [1.29, 1.82) is 0 Å². The summed E-state index contributed by atoms with van der Waals surface area (Å²) in [5.41, 5.74) is 6.16. The number of carbonyl (C=O) groups excluding carboxylic acids is 1. The van der Waals surface area contributed by atoms with Gasteiger partial charge in [-0.15, -0.1) is 0 Å². The van der Waals surface area contributed by atoms with Crippen molar-refractivity contribution in [3.8, 4) is 0 Å². The molecule has 2 unspecified atom stereocenters. The molecule has 2 N–H and O–H groups in total. The molecule has 1 aliphatic heterocycles. The Morgan fingerprint density at radius 1 is 1.00 bits per heavy atom. The van der Waals surface area contributed by atoms with Crippen molar-refractivity contribution in [2.75, 3.05) is 32.7 Å². The van der Waals surface area contributed by atoms with Gasteiger partial charge in [0.2, 0.25) is 5.91 Å². The minimum Gasteiger partial charge on any atom is -0.340 e. The second kappa shape index (κ2) is 6.44. The Balaban J connectivity index is 1.41. The van der Waals surface area contributed by atoms with Crippen LogP contribution >= 0.6 is 0 Å². The lowest BCUT2D eigenvalue weighted by molar-refractivity contribution is -0.134. The van der Waals surface area contributed by atoms with Crippen LogP contribution in [-0.4, -0.2) is 54.5 Å². The van der Waals surface area contributed by atoms with Crippen molar-refractivity contribution in [2.24, 2.45) is 17.6 Å². The van der Waals surface area contributed by atoms with Crippen molar-refractivity contribution in [2.45, 2.75) is 51.0 Å². The summed E-state index contributed by atoms with van der Waals surface area (Å²) < 4.78 is 0. The molecule has 1 heterocycles. The highest BCUT2D eigenvalue weighted by atomic mass is 16.2. The molecule has 1 saturated heterocycles. The number of nitrogens with zero attached hydrogens (tertiary/aromatic N) is 2. The number of hydrogen-bond donors (Lipinski definition) is 1. The predicted octanol–water partition coefficient (Wildman–Crippen LogP) is 1.45. The van der Waals surface area contributed by atoms with Crippen molar-refractivity contribution < 1.29 is 4.79 Å². The Hall–Kier alpha value is -0.610. The van der Waals surface area contributed by atoms with E-state index in [4.69, 9.17) is 5.73 Å². The standard InChI is InChI=1S/C16H29N3O/c17-15-4-2-1-3-14(15)11-16(20)19-9-7-18(8-10-19)12-13-5-6-13/h13-15H,1-12,17H2. The summed E-state index contributed by atoms with van der Waals surface area (Å²) >= 11 is 0. The maximum absolute atomic E-state index is 12.4. The van der Waals surface area contributed by atoms with Crippen molar-refractivity contribution in [3.63, 3.8) is 0 Å². The van der Waals surface area contributed by atoms with Gasteiger partial charge in [-0.05, 0) is 37.5 Å². The van der Waals surface area contributed by atoms with Crippen LogP contribution in [0.4, 0.5) is 0 Å². The van der Waals surface area contributed by atoms with Crippen LogP contribution in [-0.2, 0) is 4.79 Å². The zero-order valence-electron chi connectivity index (χ0n) is 12.6. The van der Waals surface area contributed by atoms with Crippen molar-refractivity contribution in [3.05, 3.63) is 0 Å². The molecule has 1 amide bonds. The lowest BCUT2D eigenvalue weighted by Gasteiger charge is -2.36. The first kappa shape index (κ1) is 14.3. The Morgan fingerprint density at radius 2 is 1.70 bits per heavy atom. The average Bonchev–Trinajstić information content (AvgIpc) is 3.26. The van der Waals surface area contributed by atoms with Gasteiger partial charge in [0.1, 0.15) is 0 Å². The number of hydrogen-bond acceptors (Lipinski definition) is 3. The second-order valence-electron chi connectivity index (χ2n) is 7.04. The van der Waals surface area contributed by atoms with Crippen LogP contribution in [0.1, 0.15) is 44.9 Å². The number of carbonyl (C=O) groups is 1. The molecular formula is C16H29N3O. The first-order valence-corrected chi connectivity index (χ1v) is 8.48. The van der Waals surface area contributed by atoms with Crippen LogP contribution in [0, 0.1) is 11.8 Å². The maximum Gasteiger partial charge on any atom is 0.222 e. The molecular weight excluding hydrogens is 250 g/mol. The zero-order valence-corrected chi connectivity index (χ0v) is 12.6. The Bertz CT molecular complexity index is 335. The fourth-order valence-electron chi connectivity index (χ4n) is 3.69. The Labute approximate surface area is 122 Å². The largest absolute Gasteiger partial charge is 0.340 e. The van der Waals surface area contributed by atoms with E-state index in [0.29, 0.717) is 18.2 Å². The third-order valence-corrected chi connectivity index (χ3v) is 5.34. The molecule has 20 heavy (non-hydrogen) atoms. The second-order valence-corrected chi connectivity index (χ2v) is 7.04. The van der Waals surface area contributed by atoms with Crippen LogP contribution in [0.2, 0.25) is 0 Å². The summed E-state index contributed by atoms with van der Waals surface area (Å²) in [6, 6.07) is 0.254. The average molecular weight is 279 g/mol. The molecule has 3 rings (SSSR count). The van der Waals surface area contributed by atoms with E-state index >= 15 is 0 Å². The molecule has 2 atom stereocenters. The topological polar surface area (TPSA) is 49.6 Å². The van der Waals surface area contributed by atoms with Gasteiger partial charge in [-0.2, -0.15) is 0 Å². The molecule has 0 bridgehead atoms. The third-order valence-electron chi connectivity index (χ3n) is 5.34. The van der Waals surface area contributed by atoms with Gasteiger partial charge in [-0.25, -0.2) is 0 Å². The van der Waals surface area contributed by atoms with Crippen LogP contribution in [0.15, 0.2) is 0 Å². The van der Waals surface area contributed by atoms with Crippen LogP contribution in [0.3, 0.4) is 0 Å².